The second-order valence-electron chi connectivity index (χ2n) is 5.28. The second-order valence-corrected chi connectivity index (χ2v) is 5.28. The predicted octanol–water partition coefficient (Wildman–Crippen LogP) is 3.94. The van der Waals surface area contributed by atoms with Gasteiger partial charge in [0.25, 0.3) is 0 Å². The van der Waals surface area contributed by atoms with Crippen molar-refractivity contribution in [2.45, 2.75) is 39.2 Å². The summed E-state index contributed by atoms with van der Waals surface area (Å²) in [6.45, 7) is 4.35. The highest BCUT2D eigenvalue weighted by atomic mass is 16.5. The van der Waals surface area contributed by atoms with E-state index in [4.69, 9.17) is 4.74 Å². The third-order valence-electron chi connectivity index (χ3n) is 3.67. The summed E-state index contributed by atoms with van der Waals surface area (Å²) in [4.78, 5) is 0. The van der Waals surface area contributed by atoms with Gasteiger partial charge in [-0.3, -0.25) is 4.68 Å². The Balaban J connectivity index is 2.21. The summed E-state index contributed by atoms with van der Waals surface area (Å²) in [5.74, 6) is 0.893. The minimum atomic E-state index is 0.301. The molecule has 1 N–H and O–H groups in total. The lowest BCUT2D eigenvalue weighted by Crippen LogP contribution is -2.11. The van der Waals surface area contributed by atoms with Crippen molar-refractivity contribution < 1.29 is 4.74 Å². The van der Waals surface area contributed by atoms with Gasteiger partial charge in [0.05, 0.1) is 24.5 Å². The molecule has 1 aromatic carbocycles. The Labute approximate surface area is 127 Å². The number of rotatable bonds is 7. The zero-order chi connectivity index (χ0) is 15.2. The molecule has 114 valence electrons. The van der Waals surface area contributed by atoms with Crippen LogP contribution in [0.3, 0.4) is 0 Å². The minimum absolute atomic E-state index is 0.301. The SMILES string of the molecule is CCCC(Nc1cn(C)nc1CC)c1ccc(OC)cc1. The predicted molar refractivity (Wildman–Crippen MR) is 86.9 cm³/mol. The van der Waals surface area contributed by atoms with Gasteiger partial charge in [-0.1, -0.05) is 32.4 Å². The maximum absolute atomic E-state index is 5.23. The van der Waals surface area contributed by atoms with E-state index >= 15 is 0 Å². The number of methoxy groups -OCH3 is 1. The van der Waals surface area contributed by atoms with Gasteiger partial charge in [-0.05, 0) is 30.5 Å². The summed E-state index contributed by atoms with van der Waals surface area (Å²) in [6.07, 6.45) is 5.21. The van der Waals surface area contributed by atoms with Crippen LogP contribution < -0.4 is 10.1 Å². The van der Waals surface area contributed by atoms with Crippen LogP contribution in [-0.2, 0) is 13.5 Å². The van der Waals surface area contributed by atoms with E-state index in [-0.39, 0.29) is 0 Å². The number of nitrogens with one attached hydrogen (secondary N) is 1. The Hall–Kier alpha value is -1.97. The highest BCUT2D eigenvalue weighted by Crippen LogP contribution is 2.27. The molecule has 4 nitrogen and oxygen atoms in total. The van der Waals surface area contributed by atoms with Crippen molar-refractivity contribution in [1.82, 2.24) is 9.78 Å². The van der Waals surface area contributed by atoms with Gasteiger partial charge in [0.1, 0.15) is 5.75 Å². The van der Waals surface area contributed by atoms with E-state index < -0.39 is 0 Å². The maximum atomic E-state index is 5.23. The van der Waals surface area contributed by atoms with Crippen LogP contribution in [0.25, 0.3) is 0 Å². The van der Waals surface area contributed by atoms with E-state index in [9.17, 15) is 0 Å². The van der Waals surface area contributed by atoms with Gasteiger partial charge in [-0.25, -0.2) is 0 Å². The van der Waals surface area contributed by atoms with Crippen molar-refractivity contribution in [3.05, 3.63) is 41.7 Å². The third-order valence-corrected chi connectivity index (χ3v) is 3.67. The second kappa shape index (κ2) is 7.16. The molecule has 0 saturated carbocycles. The lowest BCUT2D eigenvalue weighted by Gasteiger charge is -2.20. The molecule has 0 saturated heterocycles. The molecule has 21 heavy (non-hydrogen) atoms. The number of hydrogen-bond donors (Lipinski definition) is 1. The van der Waals surface area contributed by atoms with Crippen molar-refractivity contribution in [2.75, 3.05) is 12.4 Å². The van der Waals surface area contributed by atoms with Crippen LogP contribution in [0.15, 0.2) is 30.5 Å². The average Bonchev–Trinajstić information content (AvgIpc) is 2.87. The lowest BCUT2D eigenvalue weighted by molar-refractivity contribution is 0.414. The van der Waals surface area contributed by atoms with E-state index in [1.807, 2.05) is 23.9 Å². The molecule has 0 radical (unpaired) electrons. The smallest absolute Gasteiger partial charge is 0.118 e. The van der Waals surface area contributed by atoms with Crippen LogP contribution in [0.5, 0.6) is 5.75 Å². The number of anilines is 1. The first-order chi connectivity index (χ1) is 10.2. The molecule has 0 aliphatic rings. The van der Waals surface area contributed by atoms with Crippen LogP contribution in [0.1, 0.15) is 44.0 Å². The summed E-state index contributed by atoms with van der Waals surface area (Å²) in [5.41, 5.74) is 3.53. The van der Waals surface area contributed by atoms with Gasteiger partial charge >= 0.3 is 0 Å². The molecular formula is C17H25N3O. The molecule has 0 fully saturated rings. The van der Waals surface area contributed by atoms with Crippen molar-refractivity contribution in [2.24, 2.45) is 7.05 Å². The number of ether oxygens (including phenoxy) is 1. The Bertz CT molecular complexity index is 560. The Morgan fingerprint density at radius 1 is 1.24 bits per heavy atom. The first kappa shape index (κ1) is 15.4. The monoisotopic (exact) mass is 287 g/mol. The molecule has 0 aliphatic carbocycles. The van der Waals surface area contributed by atoms with Crippen molar-refractivity contribution in [3.8, 4) is 5.75 Å². The molecule has 0 bridgehead atoms. The molecule has 1 heterocycles. The normalized spacial score (nSPS) is 12.2. The molecule has 1 unspecified atom stereocenters. The Morgan fingerprint density at radius 3 is 2.52 bits per heavy atom. The Morgan fingerprint density at radius 2 is 1.95 bits per heavy atom. The topological polar surface area (TPSA) is 39.1 Å². The van der Waals surface area contributed by atoms with Gasteiger partial charge in [0.2, 0.25) is 0 Å². The summed E-state index contributed by atoms with van der Waals surface area (Å²) in [6, 6.07) is 8.60. The molecule has 0 aliphatic heterocycles. The molecule has 0 spiro atoms. The maximum Gasteiger partial charge on any atom is 0.118 e. The summed E-state index contributed by atoms with van der Waals surface area (Å²) in [5, 5.41) is 8.15. The quantitative estimate of drug-likeness (QED) is 0.838. The summed E-state index contributed by atoms with van der Waals surface area (Å²) in [7, 11) is 3.66. The Kier molecular flexibility index (Phi) is 5.26. The van der Waals surface area contributed by atoms with Crippen molar-refractivity contribution >= 4 is 5.69 Å². The van der Waals surface area contributed by atoms with Gasteiger partial charge in [0, 0.05) is 13.2 Å². The number of hydrogen-bond acceptors (Lipinski definition) is 3. The first-order valence-electron chi connectivity index (χ1n) is 7.60. The zero-order valence-electron chi connectivity index (χ0n) is 13.4. The standard InChI is InChI=1S/C17H25N3O/c1-5-7-16(13-8-10-14(21-4)11-9-13)18-17-12-20(3)19-15(17)6-2/h8-12,16,18H,5-7H2,1-4H3. The molecule has 4 heteroatoms. The van der Waals surface area contributed by atoms with Crippen molar-refractivity contribution in [3.63, 3.8) is 0 Å². The van der Waals surface area contributed by atoms with E-state index in [0.717, 1.165) is 36.4 Å². The van der Waals surface area contributed by atoms with Crippen LogP contribution in [0, 0.1) is 0 Å². The van der Waals surface area contributed by atoms with Gasteiger partial charge in [0.15, 0.2) is 0 Å². The fourth-order valence-electron chi connectivity index (χ4n) is 2.55. The first-order valence-corrected chi connectivity index (χ1v) is 7.60. The molecular weight excluding hydrogens is 262 g/mol. The van der Waals surface area contributed by atoms with Gasteiger partial charge in [-0.15, -0.1) is 0 Å². The lowest BCUT2D eigenvalue weighted by atomic mass is 10.0. The van der Waals surface area contributed by atoms with E-state index in [0.29, 0.717) is 6.04 Å². The number of benzene rings is 1. The molecule has 2 aromatic rings. The fraction of sp³-hybridized carbons (Fsp3) is 0.471. The highest BCUT2D eigenvalue weighted by molar-refractivity contribution is 5.48. The average molecular weight is 287 g/mol. The van der Waals surface area contributed by atoms with Crippen LogP contribution >= 0.6 is 0 Å². The largest absolute Gasteiger partial charge is 0.497 e. The highest BCUT2D eigenvalue weighted by Gasteiger charge is 2.14. The molecule has 0 amide bonds. The van der Waals surface area contributed by atoms with Crippen molar-refractivity contribution in [1.29, 1.82) is 0 Å². The molecule has 2 rings (SSSR count). The number of aromatic nitrogens is 2. The summed E-state index contributed by atoms with van der Waals surface area (Å²) < 4.78 is 7.11. The summed E-state index contributed by atoms with van der Waals surface area (Å²) >= 11 is 0. The van der Waals surface area contributed by atoms with Crippen LogP contribution in [0.4, 0.5) is 5.69 Å². The van der Waals surface area contributed by atoms with Gasteiger partial charge in [-0.2, -0.15) is 5.10 Å². The van der Waals surface area contributed by atoms with Crippen LogP contribution in [0.2, 0.25) is 0 Å². The van der Waals surface area contributed by atoms with E-state index in [1.165, 1.54) is 5.56 Å². The number of nitrogens with zero attached hydrogens (tertiary/aromatic N) is 2. The molecule has 1 aromatic heterocycles. The minimum Gasteiger partial charge on any atom is -0.497 e. The molecule has 1 atom stereocenters. The zero-order valence-corrected chi connectivity index (χ0v) is 13.4. The fourth-order valence-corrected chi connectivity index (χ4v) is 2.55. The number of aryl methyl sites for hydroxylation is 2. The van der Waals surface area contributed by atoms with E-state index in [2.05, 4.69) is 42.6 Å². The third kappa shape index (κ3) is 3.78. The van der Waals surface area contributed by atoms with E-state index in [1.54, 1.807) is 7.11 Å². The van der Waals surface area contributed by atoms with Crippen LogP contribution in [-0.4, -0.2) is 16.9 Å². The van der Waals surface area contributed by atoms with Gasteiger partial charge < -0.3 is 10.1 Å².